The van der Waals surface area contributed by atoms with Crippen LogP contribution < -0.4 is 0 Å². The van der Waals surface area contributed by atoms with Gasteiger partial charge in [-0.2, -0.15) is 0 Å². The number of hydrogen-bond acceptors (Lipinski definition) is 3. The topological polar surface area (TPSA) is 43.1 Å². The molecule has 1 unspecified atom stereocenters. The standard InChI is InChI=1S/C14H13NO2/c1-9(16)11-7-12-13(8-11)17-15-14(12)10-5-3-2-4-6-10/h2-6,11H,7-8H2,1H3. The van der Waals surface area contributed by atoms with Gasteiger partial charge in [-0.05, 0) is 13.3 Å². The minimum Gasteiger partial charge on any atom is -0.360 e. The molecule has 0 saturated carbocycles. The molecule has 1 aromatic carbocycles. The molecule has 0 N–H and O–H groups in total. The Hall–Kier alpha value is -1.90. The Bertz CT molecular complexity index is 557. The monoisotopic (exact) mass is 227 g/mol. The maximum atomic E-state index is 11.4. The third kappa shape index (κ3) is 1.68. The number of hydrogen-bond donors (Lipinski definition) is 0. The number of fused-ring (bicyclic) bond motifs is 1. The molecule has 1 aliphatic rings. The van der Waals surface area contributed by atoms with Crippen LogP contribution in [0.15, 0.2) is 34.9 Å². The van der Waals surface area contributed by atoms with Crippen LogP contribution in [0.1, 0.15) is 18.2 Å². The van der Waals surface area contributed by atoms with Crippen LogP contribution in [0.25, 0.3) is 11.3 Å². The maximum Gasteiger partial charge on any atom is 0.141 e. The van der Waals surface area contributed by atoms with E-state index in [-0.39, 0.29) is 11.7 Å². The van der Waals surface area contributed by atoms with Crippen molar-refractivity contribution in [3.8, 4) is 11.3 Å². The number of benzene rings is 1. The van der Waals surface area contributed by atoms with Crippen molar-refractivity contribution in [2.45, 2.75) is 19.8 Å². The minimum atomic E-state index is 0.0780. The lowest BCUT2D eigenvalue weighted by molar-refractivity contribution is -0.120. The van der Waals surface area contributed by atoms with E-state index < -0.39 is 0 Å². The van der Waals surface area contributed by atoms with E-state index in [4.69, 9.17) is 4.52 Å². The Balaban J connectivity index is 1.99. The number of carbonyl (C=O) groups excluding carboxylic acids is 1. The molecule has 0 fully saturated rings. The van der Waals surface area contributed by atoms with Crippen LogP contribution in [0.2, 0.25) is 0 Å². The van der Waals surface area contributed by atoms with Crippen molar-refractivity contribution in [1.29, 1.82) is 0 Å². The first-order valence-corrected chi connectivity index (χ1v) is 5.79. The number of aromatic nitrogens is 1. The molecule has 1 atom stereocenters. The van der Waals surface area contributed by atoms with Crippen molar-refractivity contribution in [2.24, 2.45) is 5.92 Å². The van der Waals surface area contributed by atoms with Crippen molar-refractivity contribution < 1.29 is 9.32 Å². The molecule has 0 amide bonds. The third-order valence-electron chi connectivity index (χ3n) is 3.37. The summed E-state index contributed by atoms with van der Waals surface area (Å²) in [7, 11) is 0. The molecule has 17 heavy (non-hydrogen) atoms. The van der Waals surface area contributed by atoms with Crippen LogP contribution in [-0.4, -0.2) is 10.9 Å². The molecule has 1 heterocycles. The molecule has 2 aromatic rings. The first-order chi connectivity index (χ1) is 8.25. The number of nitrogens with zero attached hydrogens (tertiary/aromatic N) is 1. The summed E-state index contributed by atoms with van der Waals surface area (Å²) >= 11 is 0. The number of ketones is 1. The van der Waals surface area contributed by atoms with Crippen LogP contribution in [0.4, 0.5) is 0 Å². The second kappa shape index (κ2) is 3.84. The van der Waals surface area contributed by atoms with Crippen LogP contribution in [-0.2, 0) is 17.6 Å². The second-order valence-corrected chi connectivity index (χ2v) is 4.51. The molecular formula is C14H13NO2. The summed E-state index contributed by atoms with van der Waals surface area (Å²) < 4.78 is 5.34. The van der Waals surface area contributed by atoms with Gasteiger partial charge in [-0.3, -0.25) is 4.79 Å². The van der Waals surface area contributed by atoms with Crippen molar-refractivity contribution in [3.05, 3.63) is 41.7 Å². The SMILES string of the molecule is CC(=O)C1Cc2onc(-c3ccccc3)c2C1. The predicted octanol–water partition coefficient (Wildman–Crippen LogP) is 2.65. The van der Waals surface area contributed by atoms with Gasteiger partial charge in [0, 0.05) is 23.5 Å². The highest BCUT2D eigenvalue weighted by Gasteiger charge is 2.31. The van der Waals surface area contributed by atoms with Gasteiger partial charge in [0.15, 0.2) is 0 Å². The lowest BCUT2D eigenvalue weighted by Crippen LogP contribution is -2.10. The zero-order valence-corrected chi connectivity index (χ0v) is 9.64. The smallest absolute Gasteiger partial charge is 0.141 e. The Morgan fingerprint density at radius 2 is 2.06 bits per heavy atom. The predicted molar refractivity (Wildman–Crippen MR) is 63.5 cm³/mol. The molecular weight excluding hydrogens is 214 g/mol. The Morgan fingerprint density at radius 3 is 2.76 bits per heavy atom. The summed E-state index contributed by atoms with van der Waals surface area (Å²) in [5.41, 5.74) is 3.06. The van der Waals surface area contributed by atoms with Crippen molar-refractivity contribution in [3.63, 3.8) is 0 Å². The third-order valence-corrected chi connectivity index (χ3v) is 3.37. The van der Waals surface area contributed by atoms with Gasteiger partial charge in [-0.25, -0.2) is 0 Å². The van der Waals surface area contributed by atoms with Crippen LogP contribution in [0.3, 0.4) is 0 Å². The zero-order chi connectivity index (χ0) is 11.8. The molecule has 0 radical (unpaired) electrons. The van der Waals surface area contributed by atoms with Gasteiger partial charge >= 0.3 is 0 Å². The fraction of sp³-hybridized carbons (Fsp3) is 0.286. The summed E-state index contributed by atoms with van der Waals surface area (Å²) in [6.45, 7) is 1.65. The van der Waals surface area contributed by atoms with Crippen LogP contribution in [0.5, 0.6) is 0 Å². The molecule has 86 valence electrons. The molecule has 0 saturated heterocycles. The first-order valence-electron chi connectivity index (χ1n) is 5.79. The maximum absolute atomic E-state index is 11.4. The van der Waals surface area contributed by atoms with E-state index >= 15 is 0 Å². The highest BCUT2D eigenvalue weighted by molar-refractivity contribution is 5.80. The van der Waals surface area contributed by atoms with Gasteiger partial charge in [0.2, 0.25) is 0 Å². The van der Waals surface area contributed by atoms with E-state index in [1.807, 2.05) is 30.3 Å². The fourth-order valence-electron chi connectivity index (χ4n) is 2.37. The lowest BCUT2D eigenvalue weighted by Gasteiger charge is -2.03. The van der Waals surface area contributed by atoms with E-state index in [9.17, 15) is 4.79 Å². The number of rotatable bonds is 2. The van der Waals surface area contributed by atoms with Gasteiger partial charge in [-0.1, -0.05) is 35.5 Å². The highest BCUT2D eigenvalue weighted by Crippen LogP contribution is 2.34. The van der Waals surface area contributed by atoms with Crippen LogP contribution in [0, 0.1) is 5.92 Å². The minimum absolute atomic E-state index is 0.0780. The van der Waals surface area contributed by atoms with Gasteiger partial charge in [-0.15, -0.1) is 0 Å². The van der Waals surface area contributed by atoms with E-state index in [2.05, 4.69) is 5.16 Å². The first kappa shape index (κ1) is 10.3. The number of Topliss-reactive ketones (excluding diaryl/α,β-unsaturated/α-hetero) is 1. The van der Waals surface area contributed by atoms with Crippen molar-refractivity contribution >= 4 is 5.78 Å². The molecule has 0 spiro atoms. The van der Waals surface area contributed by atoms with Crippen molar-refractivity contribution in [2.75, 3.05) is 0 Å². The number of carbonyl (C=O) groups is 1. The van der Waals surface area contributed by atoms with Crippen molar-refractivity contribution in [1.82, 2.24) is 5.16 Å². The Kier molecular flexibility index (Phi) is 2.32. The summed E-state index contributed by atoms with van der Waals surface area (Å²) in [5, 5.41) is 4.12. The summed E-state index contributed by atoms with van der Waals surface area (Å²) in [6, 6.07) is 9.96. The normalized spacial score (nSPS) is 18.1. The van der Waals surface area contributed by atoms with E-state index in [0.717, 1.165) is 29.0 Å². The molecule has 0 bridgehead atoms. The quantitative estimate of drug-likeness (QED) is 0.792. The zero-order valence-electron chi connectivity index (χ0n) is 9.64. The lowest BCUT2D eigenvalue weighted by atomic mass is 10.0. The van der Waals surface area contributed by atoms with Gasteiger partial charge in [0.1, 0.15) is 17.2 Å². The molecule has 3 heteroatoms. The van der Waals surface area contributed by atoms with E-state index in [0.29, 0.717) is 6.42 Å². The molecule has 1 aromatic heterocycles. The average molecular weight is 227 g/mol. The Labute approximate surface area is 99.4 Å². The fourth-order valence-corrected chi connectivity index (χ4v) is 2.37. The molecule has 3 rings (SSSR count). The summed E-state index contributed by atoms with van der Waals surface area (Å²) in [5.74, 6) is 1.19. The van der Waals surface area contributed by atoms with Crippen LogP contribution >= 0.6 is 0 Å². The van der Waals surface area contributed by atoms with Gasteiger partial charge < -0.3 is 4.52 Å². The Morgan fingerprint density at radius 1 is 1.29 bits per heavy atom. The highest BCUT2D eigenvalue weighted by atomic mass is 16.5. The summed E-state index contributed by atoms with van der Waals surface area (Å²) in [4.78, 5) is 11.4. The summed E-state index contributed by atoms with van der Waals surface area (Å²) in [6.07, 6.45) is 1.46. The second-order valence-electron chi connectivity index (χ2n) is 4.51. The largest absolute Gasteiger partial charge is 0.360 e. The van der Waals surface area contributed by atoms with Gasteiger partial charge in [0.05, 0.1) is 0 Å². The van der Waals surface area contributed by atoms with Gasteiger partial charge in [0.25, 0.3) is 0 Å². The molecule has 3 nitrogen and oxygen atoms in total. The molecule has 0 aliphatic heterocycles. The van der Waals surface area contributed by atoms with E-state index in [1.165, 1.54) is 0 Å². The average Bonchev–Trinajstić information content (AvgIpc) is 2.89. The van der Waals surface area contributed by atoms with E-state index in [1.54, 1.807) is 6.92 Å². The molecule has 1 aliphatic carbocycles.